The van der Waals surface area contributed by atoms with Crippen molar-refractivity contribution in [1.29, 1.82) is 0 Å². The van der Waals surface area contributed by atoms with E-state index in [1.807, 2.05) is 24.7 Å². The Hall–Kier alpha value is -1.43. The van der Waals surface area contributed by atoms with Gasteiger partial charge in [-0.1, -0.05) is 0 Å². The minimum atomic E-state index is 0.753. The van der Waals surface area contributed by atoms with Crippen LogP contribution in [0.1, 0.15) is 11.5 Å². The highest BCUT2D eigenvalue weighted by Crippen LogP contribution is 2.00. The van der Waals surface area contributed by atoms with Crippen molar-refractivity contribution in [2.24, 2.45) is 7.05 Å². The SMILES string of the molecule is Cc1cn(CCc2ncn(C)n2)c(=S)[nH]1. The van der Waals surface area contributed by atoms with Gasteiger partial charge in [0.25, 0.3) is 0 Å². The molecule has 1 N–H and O–H groups in total. The van der Waals surface area contributed by atoms with E-state index in [-0.39, 0.29) is 0 Å². The van der Waals surface area contributed by atoms with Gasteiger partial charge in [0, 0.05) is 31.9 Å². The summed E-state index contributed by atoms with van der Waals surface area (Å²) >= 11 is 5.15. The van der Waals surface area contributed by atoms with E-state index in [4.69, 9.17) is 12.2 Å². The van der Waals surface area contributed by atoms with E-state index >= 15 is 0 Å². The molecule has 0 fully saturated rings. The largest absolute Gasteiger partial charge is 0.335 e. The van der Waals surface area contributed by atoms with Crippen molar-refractivity contribution in [2.45, 2.75) is 19.9 Å². The van der Waals surface area contributed by atoms with Crippen molar-refractivity contribution in [3.8, 4) is 0 Å². The molecule has 5 nitrogen and oxygen atoms in total. The molecule has 0 spiro atoms. The molecular weight excluding hydrogens is 210 g/mol. The van der Waals surface area contributed by atoms with Crippen LogP contribution >= 0.6 is 12.2 Å². The first-order chi connectivity index (χ1) is 7.15. The van der Waals surface area contributed by atoms with E-state index in [0.717, 1.165) is 29.3 Å². The summed E-state index contributed by atoms with van der Waals surface area (Å²) in [6, 6.07) is 0. The third-order valence-electron chi connectivity index (χ3n) is 2.14. The Labute approximate surface area is 92.8 Å². The fourth-order valence-corrected chi connectivity index (χ4v) is 1.76. The Morgan fingerprint density at radius 1 is 1.53 bits per heavy atom. The molecule has 0 aliphatic carbocycles. The highest BCUT2D eigenvalue weighted by molar-refractivity contribution is 7.71. The Morgan fingerprint density at radius 3 is 2.87 bits per heavy atom. The molecule has 0 saturated heterocycles. The predicted octanol–water partition coefficient (Wildman–Crippen LogP) is 1.23. The number of nitrogens with one attached hydrogen (secondary N) is 1. The van der Waals surface area contributed by atoms with Crippen LogP contribution in [-0.2, 0) is 20.0 Å². The predicted molar refractivity (Wildman–Crippen MR) is 59.1 cm³/mol. The molecule has 2 aromatic heterocycles. The second-order valence-electron chi connectivity index (χ2n) is 3.52. The quantitative estimate of drug-likeness (QED) is 0.796. The second-order valence-corrected chi connectivity index (χ2v) is 3.91. The minimum Gasteiger partial charge on any atom is -0.335 e. The van der Waals surface area contributed by atoms with E-state index in [1.165, 1.54) is 0 Å². The van der Waals surface area contributed by atoms with Gasteiger partial charge in [0.2, 0.25) is 0 Å². The molecule has 0 aromatic carbocycles. The van der Waals surface area contributed by atoms with Crippen molar-refractivity contribution in [2.75, 3.05) is 0 Å². The molecule has 0 aliphatic rings. The van der Waals surface area contributed by atoms with Gasteiger partial charge in [-0.3, -0.25) is 4.68 Å². The van der Waals surface area contributed by atoms with Gasteiger partial charge in [-0.25, -0.2) is 4.98 Å². The van der Waals surface area contributed by atoms with Crippen LogP contribution in [0.3, 0.4) is 0 Å². The smallest absolute Gasteiger partial charge is 0.177 e. The first kappa shape index (κ1) is 10.1. The maximum absolute atomic E-state index is 5.15. The molecule has 15 heavy (non-hydrogen) atoms. The van der Waals surface area contributed by atoms with Gasteiger partial charge < -0.3 is 9.55 Å². The van der Waals surface area contributed by atoms with Crippen LogP contribution in [0.2, 0.25) is 0 Å². The van der Waals surface area contributed by atoms with Crippen LogP contribution < -0.4 is 0 Å². The minimum absolute atomic E-state index is 0.753. The van der Waals surface area contributed by atoms with Crippen LogP contribution in [0.4, 0.5) is 0 Å². The van der Waals surface area contributed by atoms with Gasteiger partial charge in [-0.15, -0.1) is 0 Å². The maximum Gasteiger partial charge on any atom is 0.177 e. The second kappa shape index (κ2) is 3.98. The van der Waals surface area contributed by atoms with E-state index < -0.39 is 0 Å². The van der Waals surface area contributed by atoms with E-state index in [1.54, 1.807) is 11.0 Å². The number of aryl methyl sites for hydroxylation is 4. The lowest BCUT2D eigenvalue weighted by Gasteiger charge is -1.98. The zero-order chi connectivity index (χ0) is 10.8. The standard InChI is InChI=1S/C9H13N5S/c1-7-5-14(9(15)11-7)4-3-8-10-6-13(2)12-8/h5-6H,3-4H2,1-2H3,(H,11,15). The van der Waals surface area contributed by atoms with Gasteiger partial charge in [0.1, 0.15) is 6.33 Å². The number of imidazole rings is 1. The van der Waals surface area contributed by atoms with Crippen molar-refractivity contribution < 1.29 is 0 Å². The van der Waals surface area contributed by atoms with E-state index in [9.17, 15) is 0 Å². The highest BCUT2D eigenvalue weighted by Gasteiger charge is 2.01. The van der Waals surface area contributed by atoms with Crippen LogP contribution in [0.5, 0.6) is 0 Å². The number of hydrogen-bond acceptors (Lipinski definition) is 3. The molecule has 2 rings (SSSR count). The number of aromatic amines is 1. The van der Waals surface area contributed by atoms with Crippen molar-refractivity contribution in [1.82, 2.24) is 24.3 Å². The molecule has 2 heterocycles. The molecular formula is C9H13N5S. The zero-order valence-electron chi connectivity index (χ0n) is 8.77. The van der Waals surface area contributed by atoms with Crippen molar-refractivity contribution in [3.05, 3.63) is 28.8 Å². The number of nitrogens with zero attached hydrogens (tertiary/aromatic N) is 4. The summed E-state index contributed by atoms with van der Waals surface area (Å²) in [4.78, 5) is 7.24. The zero-order valence-corrected chi connectivity index (χ0v) is 9.58. The highest BCUT2D eigenvalue weighted by atomic mass is 32.1. The lowest BCUT2D eigenvalue weighted by molar-refractivity contribution is 0.652. The summed E-state index contributed by atoms with van der Waals surface area (Å²) in [5.74, 6) is 0.846. The van der Waals surface area contributed by atoms with Crippen molar-refractivity contribution >= 4 is 12.2 Å². The molecule has 0 amide bonds. The van der Waals surface area contributed by atoms with Gasteiger partial charge >= 0.3 is 0 Å². The fraction of sp³-hybridized carbons (Fsp3) is 0.444. The Morgan fingerprint density at radius 2 is 2.33 bits per heavy atom. The van der Waals surface area contributed by atoms with Crippen LogP contribution in [0, 0.1) is 11.7 Å². The average Bonchev–Trinajstić information content (AvgIpc) is 2.70. The van der Waals surface area contributed by atoms with Crippen LogP contribution in [-0.4, -0.2) is 24.3 Å². The molecule has 0 aliphatic heterocycles. The lowest BCUT2D eigenvalue weighted by Crippen LogP contribution is -2.02. The van der Waals surface area contributed by atoms with Gasteiger partial charge in [-0.05, 0) is 19.1 Å². The first-order valence-electron chi connectivity index (χ1n) is 4.76. The summed E-state index contributed by atoms with van der Waals surface area (Å²) in [5.41, 5.74) is 1.08. The molecule has 0 bridgehead atoms. The summed E-state index contributed by atoms with van der Waals surface area (Å²) in [5, 5.41) is 4.21. The third kappa shape index (κ3) is 2.33. The van der Waals surface area contributed by atoms with Gasteiger partial charge in [-0.2, -0.15) is 5.10 Å². The normalized spacial score (nSPS) is 10.8. The Balaban J connectivity index is 2.05. The molecule has 0 unspecified atom stereocenters. The van der Waals surface area contributed by atoms with E-state index in [0.29, 0.717) is 0 Å². The third-order valence-corrected chi connectivity index (χ3v) is 2.47. The monoisotopic (exact) mass is 223 g/mol. The molecule has 0 saturated carbocycles. The van der Waals surface area contributed by atoms with E-state index in [2.05, 4.69) is 15.1 Å². The number of H-pyrrole nitrogens is 1. The molecule has 80 valence electrons. The molecule has 2 aromatic rings. The van der Waals surface area contributed by atoms with Crippen molar-refractivity contribution in [3.63, 3.8) is 0 Å². The summed E-state index contributed by atoms with van der Waals surface area (Å²) < 4.78 is 4.46. The summed E-state index contributed by atoms with van der Waals surface area (Å²) in [6.07, 6.45) is 4.51. The number of hydrogen-bond donors (Lipinski definition) is 1. The average molecular weight is 223 g/mol. The summed E-state index contributed by atoms with van der Waals surface area (Å²) in [6.45, 7) is 2.80. The number of rotatable bonds is 3. The molecule has 0 atom stereocenters. The first-order valence-corrected chi connectivity index (χ1v) is 5.16. The van der Waals surface area contributed by atoms with Gasteiger partial charge in [0.15, 0.2) is 10.6 Å². The topological polar surface area (TPSA) is 51.4 Å². The summed E-state index contributed by atoms with van der Waals surface area (Å²) in [7, 11) is 1.86. The number of aromatic nitrogens is 5. The van der Waals surface area contributed by atoms with Crippen LogP contribution in [0.25, 0.3) is 0 Å². The molecule has 6 heteroatoms. The Kier molecular flexibility index (Phi) is 2.68. The lowest BCUT2D eigenvalue weighted by atomic mass is 10.4. The fourth-order valence-electron chi connectivity index (χ4n) is 1.45. The molecule has 0 radical (unpaired) electrons. The Bertz CT molecular complexity index is 507. The maximum atomic E-state index is 5.15. The van der Waals surface area contributed by atoms with Crippen LogP contribution in [0.15, 0.2) is 12.5 Å². The van der Waals surface area contributed by atoms with Gasteiger partial charge in [0.05, 0.1) is 0 Å².